The molecule has 0 atom stereocenters. The molecular formula is C29H24BrF2N3O6S. The molecule has 0 aliphatic carbocycles. The number of imide groups is 1. The fourth-order valence-corrected chi connectivity index (χ4v) is 5.13. The Morgan fingerprint density at radius 2 is 1.67 bits per heavy atom. The van der Waals surface area contributed by atoms with Crippen LogP contribution in [0.1, 0.15) is 16.7 Å². The van der Waals surface area contributed by atoms with Crippen LogP contribution in [-0.2, 0) is 14.4 Å². The van der Waals surface area contributed by atoms with Gasteiger partial charge in [0.25, 0.3) is 17.1 Å². The summed E-state index contributed by atoms with van der Waals surface area (Å²) in [6, 6.07) is 11.0. The van der Waals surface area contributed by atoms with Gasteiger partial charge in [0.1, 0.15) is 18.2 Å². The van der Waals surface area contributed by atoms with E-state index in [9.17, 15) is 28.0 Å². The second-order valence-electron chi connectivity index (χ2n) is 9.03. The summed E-state index contributed by atoms with van der Waals surface area (Å²) >= 11 is 4.09. The normalized spacial score (nSPS) is 13.9. The third-order valence-corrected chi connectivity index (χ3v) is 7.99. The second-order valence-corrected chi connectivity index (χ2v) is 10.9. The number of thioether (sulfide) groups is 1. The van der Waals surface area contributed by atoms with Crippen LogP contribution in [0.4, 0.5) is 25.0 Å². The van der Waals surface area contributed by atoms with E-state index < -0.39 is 35.2 Å². The van der Waals surface area contributed by atoms with Crippen LogP contribution < -0.4 is 20.1 Å². The highest BCUT2D eigenvalue weighted by Gasteiger charge is 2.36. The molecule has 3 aromatic carbocycles. The largest absolute Gasteiger partial charge is 0.493 e. The van der Waals surface area contributed by atoms with Crippen molar-refractivity contribution in [3.8, 4) is 11.5 Å². The molecule has 0 radical (unpaired) electrons. The van der Waals surface area contributed by atoms with Crippen LogP contribution in [0.25, 0.3) is 6.08 Å². The van der Waals surface area contributed by atoms with Gasteiger partial charge in [0.05, 0.1) is 17.7 Å². The van der Waals surface area contributed by atoms with Crippen molar-refractivity contribution >= 4 is 68.1 Å². The van der Waals surface area contributed by atoms with Gasteiger partial charge in [-0.3, -0.25) is 24.1 Å². The number of carbonyl (C=O) groups is 4. The number of benzene rings is 3. The molecule has 0 aromatic heterocycles. The van der Waals surface area contributed by atoms with Gasteiger partial charge >= 0.3 is 0 Å². The number of anilines is 2. The zero-order chi connectivity index (χ0) is 30.6. The molecule has 1 aliphatic rings. The molecule has 3 aromatic rings. The summed E-state index contributed by atoms with van der Waals surface area (Å²) in [6.45, 7) is 2.90. The van der Waals surface area contributed by atoms with Gasteiger partial charge in [-0.2, -0.15) is 0 Å². The van der Waals surface area contributed by atoms with Gasteiger partial charge in [-0.15, -0.1) is 0 Å². The maximum atomic E-state index is 13.8. The summed E-state index contributed by atoms with van der Waals surface area (Å²) in [6.07, 6.45) is 1.44. The summed E-state index contributed by atoms with van der Waals surface area (Å²) in [7, 11) is 1.41. The molecular weight excluding hydrogens is 636 g/mol. The van der Waals surface area contributed by atoms with Crippen LogP contribution in [0, 0.1) is 25.5 Å². The Morgan fingerprint density at radius 3 is 2.38 bits per heavy atom. The van der Waals surface area contributed by atoms with E-state index >= 15 is 0 Å². The zero-order valence-corrected chi connectivity index (χ0v) is 25.0. The maximum absolute atomic E-state index is 13.8. The predicted molar refractivity (Wildman–Crippen MR) is 158 cm³/mol. The molecule has 1 fully saturated rings. The number of amides is 4. The zero-order valence-electron chi connectivity index (χ0n) is 22.5. The SMILES string of the molecule is COc1cc(/C=C2/SC(=O)N(CC(=O)Nc3ccc(F)cc3F)C2=O)ccc1OCC(=O)Nc1ccc(Br)c(C)c1C. The van der Waals surface area contributed by atoms with E-state index in [4.69, 9.17) is 9.47 Å². The first kappa shape index (κ1) is 30.7. The van der Waals surface area contributed by atoms with Crippen molar-refractivity contribution < 1.29 is 37.4 Å². The molecule has 1 saturated heterocycles. The maximum Gasteiger partial charge on any atom is 0.294 e. The number of carbonyl (C=O) groups excluding carboxylic acids is 4. The van der Waals surface area contributed by atoms with E-state index in [1.807, 2.05) is 19.9 Å². The third-order valence-electron chi connectivity index (χ3n) is 6.22. The predicted octanol–water partition coefficient (Wildman–Crippen LogP) is 6.05. The fourth-order valence-electron chi connectivity index (χ4n) is 3.86. The molecule has 1 heterocycles. The van der Waals surface area contributed by atoms with Crippen molar-refractivity contribution in [2.45, 2.75) is 13.8 Å². The molecule has 0 unspecified atom stereocenters. The molecule has 1 aliphatic heterocycles. The highest BCUT2D eigenvalue weighted by atomic mass is 79.9. The van der Waals surface area contributed by atoms with Crippen LogP contribution in [0.2, 0.25) is 0 Å². The first-order valence-corrected chi connectivity index (χ1v) is 13.9. The van der Waals surface area contributed by atoms with E-state index in [0.29, 0.717) is 29.1 Å². The monoisotopic (exact) mass is 659 g/mol. The number of rotatable bonds is 9. The summed E-state index contributed by atoms with van der Waals surface area (Å²) < 4.78 is 38.9. The lowest BCUT2D eigenvalue weighted by atomic mass is 10.1. The Balaban J connectivity index is 1.39. The molecule has 0 spiro atoms. The van der Waals surface area contributed by atoms with E-state index in [-0.39, 0.29) is 34.6 Å². The van der Waals surface area contributed by atoms with Crippen LogP contribution in [0.5, 0.6) is 11.5 Å². The Labute approximate surface area is 252 Å². The Kier molecular flexibility index (Phi) is 9.63. The molecule has 0 bridgehead atoms. The van der Waals surface area contributed by atoms with E-state index in [2.05, 4.69) is 26.6 Å². The summed E-state index contributed by atoms with van der Waals surface area (Å²) in [5, 5.41) is 4.35. The molecule has 4 amide bonds. The number of nitrogens with zero attached hydrogens (tertiary/aromatic N) is 1. The van der Waals surface area contributed by atoms with Gasteiger partial charge in [-0.1, -0.05) is 22.0 Å². The number of hydrogen-bond acceptors (Lipinski definition) is 7. The Bertz CT molecular complexity index is 1630. The molecule has 9 nitrogen and oxygen atoms in total. The average molecular weight is 660 g/mol. The van der Waals surface area contributed by atoms with Gasteiger partial charge in [0.15, 0.2) is 18.1 Å². The number of hydrogen-bond donors (Lipinski definition) is 2. The lowest BCUT2D eigenvalue weighted by Gasteiger charge is -2.14. The van der Waals surface area contributed by atoms with E-state index in [1.165, 1.54) is 13.2 Å². The fraction of sp³-hybridized carbons (Fsp3) is 0.172. The van der Waals surface area contributed by atoms with Crippen molar-refractivity contribution in [1.82, 2.24) is 4.90 Å². The molecule has 0 saturated carbocycles. The van der Waals surface area contributed by atoms with Gasteiger partial charge in [-0.05, 0) is 84.8 Å². The smallest absolute Gasteiger partial charge is 0.294 e. The molecule has 4 rings (SSSR count). The molecule has 218 valence electrons. The average Bonchev–Trinajstić information content (AvgIpc) is 3.21. The highest BCUT2D eigenvalue weighted by molar-refractivity contribution is 9.10. The van der Waals surface area contributed by atoms with Crippen molar-refractivity contribution in [2.75, 3.05) is 30.9 Å². The summed E-state index contributed by atoms with van der Waals surface area (Å²) in [4.78, 5) is 50.9. The number of ether oxygens (including phenoxy) is 2. The molecule has 42 heavy (non-hydrogen) atoms. The number of halogens is 3. The lowest BCUT2D eigenvalue weighted by molar-refractivity contribution is -0.127. The van der Waals surface area contributed by atoms with Crippen molar-refractivity contribution in [2.24, 2.45) is 0 Å². The summed E-state index contributed by atoms with van der Waals surface area (Å²) in [5.41, 5.74) is 2.81. The number of methoxy groups -OCH3 is 1. The Hall–Kier alpha value is -4.23. The molecule has 2 N–H and O–H groups in total. The second kappa shape index (κ2) is 13.2. The van der Waals surface area contributed by atoms with Gasteiger partial charge in [0.2, 0.25) is 5.91 Å². The van der Waals surface area contributed by atoms with Gasteiger partial charge in [0, 0.05) is 16.2 Å². The minimum Gasteiger partial charge on any atom is -0.493 e. The third kappa shape index (κ3) is 7.15. The van der Waals surface area contributed by atoms with Crippen molar-refractivity contribution in [3.05, 3.63) is 86.2 Å². The Morgan fingerprint density at radius 1 is 0.952 bits per heavy atom. The summed E-state index contributed by atoms with van der Waals surface area (Å²) in [5.74, 6) is -3.15. The first-order chi connectivity index (χ1) is 20.0. The minimum atomic E-state index is -0.992. The molecule has 13 heteroatoms. The number of nitrogens with one attached hydrogen (secondary N) is 2. The standard InChI is InChI=1S/C29H24BrF2N3O6S/c1-15-16(2)21(8-6-19(15)30)33-27(37)14-41-23-9-4-17(10-24(23)40-3)11-25-28(38)35(29(39)42-25)13-26(36)34-22-7-5-18(31)12-20(22)32/h4-12H,13-14H2,1-3H3,(H,33,37)(H,34,36)/b25-11+. The van der Waals surface area contributed by atoms with Gasteiger partial charge < -0.3 is 20.1 Å². The first-order valence-electron chi connectivity index (χ1n) is 12.3. The van der Waals surface area contributed by atoms with Crippen LogP contribution in [0.15, 0.2) is 57.9 Å². The van der Waals surface area contributed by atoms with Crippen LogP contribution in [-0.4, -0.2) is 48.1 Å². The topological polar surface area (TPSA) is 114 Å². The lowest BCUT2D eigenvalue weighted by Crippen LogP contribution is -2.36. The van der Waals surface area contributed by atoms with Crippen molar-refractivity contribution in [1.29, 1.82) is 0 Å². The highest BCUT2D eigenvalue weighted by Crippen LogP contribution is 2.35. The van der Waals surface area contributed by atoms with Crippen LogP contribution in [0.3, 0.4) is 0 Å². The van der Waals surface area contributed by atoms with Crippen molar-refractivity contribution in [3.63, 3.8) is 0 Å². The van der Waals surface area contributed by atoms with E-state index in [0.717, 1.165) is 32.6 Å². The quantitative estimate of drug-likeness (QED) is 0.269. The van der Waals surface area contributed by atoms with Crippen LogP contribution >= 0.6 is 27.7 Å². The van der Waals surface area contributed by atoms with Gasteiger partial charge in [-0.25, -0.2) is 8.78 Å². The van der Waals surface area contributed by atoms with E-state index in [1.54, 1.807) is 24.3 Å². The minimum absolute atomic E-state index is 0.0519.